The van der Waals surface area contributed by atoms with Gasteiger partial charge in [-0.3, -0.25) is 0 Å². The predicted octanol–water partition coefficient (Wildman–Crippen LogP) is 12.3. The predicted molar refractivity (Wildman–Crippen MR) is 166 cm³/mol. The van der Waals surface area contributed by atoms with Crippen LogP contribution in [0.4, 0.5) is 26.3 Å². The first-order valence-corrected chi connectivity index (χ1v) is 14.0. The highest BCUT2D eigenvalue weighted by atomic mass is 19.4. The molecule has 214 valence electrons. The smallest absolute Gasteiger partial charge is 0.166 e. The Morgan fingerprint density at radius 2 is 0.705 bits per heavy atom. The van der Waals surface area contributed by atoms with Crippen LogP contribution in [0.3, 0.4) is 0 Å². The molecule has 0 nitrogen and oxygen atoms in total. The molecule has 0 bridgehead atoms. The van der Waals surface area contributed by atoms with Crippen LogP contribution in [0.5, 0.6) is 0 Å². The Morgan fingerprint density at radius 3 is 1.11 bits per heavy atom. The normalized spacial score (nSPS) is 12.8. The molecule has 0 radical (unpaired) electrons. The van der Waals surface area contributed by atoms with Crippen LogP contribution in [0.25, 0.3) is 76.1 Å². The van der Waals surface area contributed by atoms with Crippen LogP contribution in [-0.4, -0.2) is 0 Å². The van der Waals surface area contributed by atoms with E-state index in [0.717, 1.165) is 61.0 Å². The Bertz CT molecular complexity index is 2260. The summed E-state index contributed by atoms with van der Waals surface area (Å²) in [5.74, 6) is 0. The minimum absolute atomic E-state index is 0.137. The Kier molecular flexibility index (Phi) is 5.54. The second-order valence-electron chi connectivity index (χ2n) is 11.1. The number of benzene rings is 8. The molecule has 8 aromatic carbocycles. The van der Waals surface area contributed by atoms with Crippen LogP contribution < -0.4 is 0 Å². The van der Waals surface area contributed by atoms with E-state index in [1.807, 2.05) is 30.3 Å². The van der Waals surface area contributed by atoms with Crippen molar-refractivity contribution in [3.8, 4) is 22.3 Å². The van der Waals surface area contributed by atoms with Gasteiger partial charge in [-0.1, -0.05) is 91.0 Å². The molecule has 44 heavy (non-hydrogen) atoms. The van der Waals surface area contributed by atoms with E-state index in [4.69, 9.17) is 0 Å². The molecule has 0 heterocycles. The summed E-state index contributed by atoms with van der Waals surface area (Å²) in [5.41, 5.74) is -0.711. The zero-order valence-electron chi connectivity index (χ0n) is 22.8. The van der Waals surface area contributed by atoms with Gasteiger partial charge < -0.3 is 0 Å². The van der Waals surface area contributed by atoms with Gasteiger partial charge in [0.15, 0.2) is 0 Å². The number of alkyl halides is 6. The second-order valence-corrected chi connectivity index (χ2v) is 11.1. The van der Waals surface area contributed by atoms with Crippen molar-refractivity contribution >= 4 is 53.9 Å². The number of halogens is 6. The van der Waals surface area contributed by atoms with Crippen LogP contribution >= 0.6 is 0 Å². The van der Waals surface area contributed by atoms with Crippen LogP contribution in [0.1, 0.15) is 11.1 Å². The van der Waals surface area contributed by atoms with Crippen LogP contribution in [-0.2, 0) is 12.4 Å². The highest BCUT2D eigenvalue weighted by Gasteiger charge is 2.37. The van der Waals surface area contributed by atoms with Gasteiger partial charge in [0.25, 0.3) is 0 Å². The van der Waals surface area contributed by atoms with Crippen LogP contribution in [0, 0.1) is 0 Å². The van der Waals surface area contributed by atoms with Crippen molar-refractivity contribution in [2.75, 3.05) is 0 Å². The van der Waals surface area contributed by atoms with E-state index in [-0.39, 0.29) is 11.6 Å². The first-order valence-electron chi connectivity index (χ1n) is 14.0. The fourth-order valence-corrected chi connectivity index (χ4v) is 6.75. The molecule has 0 aliphatic carbocycles. The monoisotopic (exact) mass is 590 g/mol. The Hall–Kier alpha value is -5.10. The molecule has 0 saturated carbocycles. The van der Waals surface area contributed by atoms with E-state index in [1.54, 1.807) is 24.3 Å². The van der Waals surface area contributed by atoms with Gasteiger partial charge in [-0.05, 0) is 106 Å². The molecule has 0 atom stereocenters. The summed E-state index contributed by atoms with van der Waals surface area (Å²) in [6, 6.07) is 35.1. The van der Waals surface area contributed by atoms with E-state index >= 15 is 0 Å². The van der Waals surface area contributed by atoms with E-state index in [9.17, 15) is 26.3 Å². The molecule has 6 heteroatoms. The molecule has 0 spiro atoms. The minimum atomic E-state index is -4.95. The molecule has 8 rings (SSSR count). The lowest BCUT2D eigenvalue weighted by Gasteiger charge is -2.20. The van der Waals surface area contributed by atoms with Crippen LogP contribution in [0.15, 0.2) is 121 Å². The van der Waals surface area contributed by atoms with Crippen LogP contribution in [0.2, 0.25) is 0 Å². The van der Waals surface area contributed by atoms with E-state index < -0.39 is 23.5 Å². The standard InChI is InChI=1S/C38H20F6/c39-37(40,41)27-18-26(19-28(20-27)38(42,43)44)36-31-10-3-1-8-29(31)35(30-9-2-4-11-32(30)36)25-16-23-14-12-21-6-5-7-22-13-15-24(17-25)34(23)33(21)22/h1-20H. The summed E-state index contributed by atoms with van der Waals surface area (Å²) in [7, 11) is 0. The maximum Gasteiger partial charge on any atom is 0.416 e. The largest absolute Gasteiger partial charge is 0.416 e. The van der Waals surface area contributed by atoms with Gasteiger partial charge in [-0.2, -0.15) is 26.3 Å². The third-order valence-electron chi connectivity index (χ3n) is 8.56. The van der Waals surface area contributed by atoms with Crippen molar-refractivity contribution in [3.05, 3.63) is 132 Å². The summed E-state index contributed by atoms with van der Waals surface area (Å²) in [6.45, 7) is 0. The molecule has 0 aliphatic heterocycles. The first-order chi connectivity index (χ1) is 21.1. The maximum atomic E-state index is 13.9. The van der Waals surface area contributed by atoms with Crippen molar-refractivity contribution in [1.29, 1.82) is 0 Å². The lowest BCUT2D eigenvalue weighted by molar-refractivity contribution is -0.143. The summed E-state index contributed by atoms with van der Waals surface area (Å²) in [4.78, 5) is 0. The fourth-order valence-electron chi connectivity index (χ4n) is 6.75. The van der Waals surface area contributed by atoms with Gasteiger partial charge in [-0.25, -0.2) is 0 Å². The number of rotatable bonds is 2. The van der Waals surface area contributed by atoms with E-state index in [1.165, 1.54) is 5.39 Å². The molecule has 0 fully saturated rings. The topological polar surface area (TPSA) is 0 Å². The van der Waals surface area contributed by atoms with Gasteiger partial charge >= 0.3 is 12.4 Å². The minimum Gasteiger partial charge on any atom is -0.166 e. The molecule has 0 aliphatic rings. The van der Waals surface area contributed by atoms with E-state index in [2.05, 4.69) is 48.5 Å². The van der Waals surface area contributed by atoms with Gasteiger partial charge in [0.05, 0.1) is 11.1 Å². The molecule has 0 saturated heterocycles. The summed E-state index contributed by atoms with van der Waals surface area (Å²) >= 11 is 0. The van der Waals surface area contributed by atoms with E-state index in [0.29, 0.717) is 16.3 Å². The van der Waals surface area contributed by atoms with Gasteiger partial charge in [0.1, 0.15) is 0 Å². The average molecular weight is 591 g/mol. The lowest BCUT2D eigenvalue weighted by atomic mass is 9.84. The average Bonchev–Trinajstić information content (AvgIpc) is 3.01. The molecule has 0 aromatic heterocycles. The Balaban J connectivity index is 1.48. The number of hydrogen-bond acceptors (Lipinski definition) is 0. The van der Waals surface area contributed by atoms with Crippen molar-refractivity contribution in [2.24, 2.45) is 0 Å². The van der Waals surface area contributed by atoms with Gasteiger partial charge in [0.2, 0.25) is 0 Å². The Labute approximate surface area is 247 Å². The second kappa shape index (κ2) is 9.20. The van der Waals surface area contributed by atoms with Crippen molar-refractivity contribution in [3.63, 3.8) is 0 Å². The Morgan fingerprint density at radius 1 is 0.341 bits per heavy atom. The summed E-state index contributed by atoms with van der Waals surface area (Å²) in [5, 5.41) is 9.33. The number of fused-ring (bicyclic) bond motifs is 2. The lowest BCUT2D eigenvalue weighted by Crippen LogP contribution is -2.11. The van der Waals surface area contributed by atoms with Gasteiger partial charge in [0, 0.05) is 0 Å². The zero-order valence-corrected chi connectivity index (χ0v) is 22.8. The molecule has 8 aromatic rings. The summed E-state index contributed by atoms with van der Waals surface area (Å²) < 4.78 is 83.4. The molecular weight excluding hydrogens is 570 g/mol. The molecule has 0 unspecified atom stereocenters. The third-order valence-corrected chi connectivity index (χ3v) is 8.56. The quantitative estimate of drug-likeness (QED) is 0.107. The SMILES string of the molecule is FC(F)(F)c1cc(-c2c3ccccc3c(-c3cc4ccc5cccc6ccc(c3)c4c56)c3ccccc23)cc(C(F)(F)F)c1. The third kappa shape index (κ3) is 4.01. The molecular formula is C38H20F6. The van der Waals surface area contributed by atoms with Crippen molar-refractivity contribution in [1.82, 2.24) is 0 Å². The highest BCUT2D eigenvalue weighted by Crippen LogP contribution is 2.47. The van der Waals surface area contributed by atoms with Crippen molar-refractivity contribution < 1.29 is 26.3 Å². The first kappa shape index (κ1) is 26.5. The molecule has 0 amide bonds. The highest BCUT2D eigenvalue weighted by molar-refractivity contribution is 6.26. The summed E-state index contributed by atoms with van der Waals surface area (Å²) in [6.07, 6.45) is -9.91. The zero-order chi connectivity index (χ0) is 30.4. The van der Waals surface area contributed by atoms with Gasteiger partial charge in [-0.15, -0.1) is 0 Å². The van der Waals surface area contributed by atoms with Crippen molar-refractivity contribution in [2.45, 2.75) is 12.4 Å². The number of hydrogen-bond donors (Lipinski definition) is 0. The molecule has 0 N–H and O–H groups in total. The maximum absolute atomic E-state index is 13.9. The fraction of sp³-hybridized carbons (Fsp3) is 0.0526.